The topological polar surface area (TPSA) is 64.8 Å². The van der Waals surface area contributed by atoms with Crippen molar-refractivity contribution >= 4 is 32.3 Å². The van der Waals surface area contributed by atoms with Crippen LogP contribution in [0.3, 0.4) is 0 Å². The first-order chi connectivity index (χ1) is 12.0. The number of rotatable bonds is 4. The first-order valence-electron chi connectivity index (χ1n) is 7.65. The molecule has 126 valence electrons. The van der Waals surface area contributed by atoms with Gasteiger partial charge in [-0.3, -0.25) is 0 Å². The summed E-state index contributed by atoms with van der Waals surface area (Å²) in [7, 11) is -3.19. The fourth-order valence-corrected chi connectivity index (χ4v) is 4.01. The minimum atomic E-state index is -3.19. The lowest BCUT2D eigenvalue weighted by Gasteiger charge is -2.04. The molecule has 0 unspecified atom stereocenters. The third kappa shape index (κ3) is 3.20. The lowest BCUT2D eigenvalue weighted by Crippen LogP contribution is -1.97. The summed E-state index contributed by atoms with van der Waals surface area (Å²) in [5, 5.41) is 2.06. The van der Waals surface area contributed by atoms with E-state index in [2.05, 4.69) is 26.0 Å². The van der Waals surface area contributed by atoms with E-state index in [0.717, 1.165) is 23.3 Å². The van der Waals surface area contributed by atoms with Crippen molar-refractivity contribution in [3.63, 3.8) is 0 Å². The molecule has 25 heavy (non-hydrogen) atoms. The highest BCUT2D eigenvalue weighted by atomic mass is 32.2. The van der Waals surface area contributed by atoms with Gasteiger partial charge in [0.15, 0.2) is 15.5 Å². The Hall–Kier alpha value is -2.51. The van der Waals surface area contributed by atoms with Crippen LogP contribution >= 0.6 is 11.3 Å². The monoisotopic (exact) mass is 369 g/mol. The summed E-state index contributed by atoms with van der Waals surface area (Å²) in [6, 6.07) is 14.8. The SMILES string of the molecule is CS(=O)(=O)c1ccc(-c2ccc3c(ncn3Cc3cccs3)n2)cc1. The summed E-state index contributed by atoms with van der Waals surface area (Å²) in [6.45, 7) is 0.776. The minimum absolute atomic E-state index is 0.303. The fraction of sp³-hybridized carbons (Fsp3) is 0.111. The molecule has 0 bridgehead atoms. The van der Waals surface area contributed by atoms with Crippen molar-refractivity contribution in [2.75, 3.05) is 6.26 Å². The first kappa shape index (κ1) is 16.0. The van der Waals surface area contributed by atoms with Gasteiger partial charge < -0.3 is 4.57 Å². The molecule has 0 spiro atoms. The van der Waals surface area contributed by atoms with Gasteiger partial charge in [0, 0.05) is 16.7 Å². The summed E-state index contributed by atoms with van der Waals surface area (Å²) in [5.74, 6) is 0. The van der Waals surface area contributed by atoms with Gasteiger partial charge in [-0.15, -0.1) is 11.3 Å². The van der Waals surface area contributed by atoms with E-state index >= 15 is 0 Å². The first-order valence-corrected chi connectivity index (χ1v) is 10.4. The zero-order valence-corrected chi connectivity index (χ0v) is 15.1. The molecule has 4 aromatic rings. The van der Waals surface area contributed by atoms with Gasteiger partial charge in [-0.2, -0.15) is 0 Å². The van der Waals surface area contributed by atoms with Crippen LogP contribution in [0.2, 0.25) is 0 Å². The van der Waals surface area contributed by atoms with Gasteiger partial charge in [-0.1, -0.05) is 18.2 Å². The van der Waals surface area contributed by atoms with Crippen LogP contribution in [-0.4, -0.2) is 29.2 Å². The van der Waals surface area contributed by atoms with Gasteiger partial charge in [0.1, 0.15) is 0 Å². The molecule has 0 radical (unpaired) electrons. The van der Waals surface area contributed by atoms with Crippen LogP contribution < -0.4 is 0 Å². The van der Waals surface area contributed by atoms with E-state index in [-0.39, 0.29) is 0 Å². The van der Waals surface area contributed by atoms with Crippen LogP contribution in [0.15, 0.2) is 65.1 Å². The number of imidazole rings is 1. The number of thiophene rings is 1. The van der Waals surface area contributed by atoms with Crippen LogP contribution in [0.5, 0.6) is 0 Å². The average Bonchev–Trinajstić information content (AvgIpc) is 3.24. The van der Waals surface area contributed by atoms with E-state index in [0.29, 0.717) is 10.5 Å². The van der Waals surface area contributed by atoms with Gasteiger partial charge in [0.25, 0.3) is 0 Å². The summed E-state index contributed by atoms with van der Waals surface area (Å²) < 4.78 is 25.2. The second-order valence-electron chi connectivity index (χ2n) is 5.79. The van der Waals surface area contributed by atoms with Crippen molar-refractivity contribution < 1.29 is 8.42 Å². The van der Waals surface area contributed by atoms with Crippen LogP contribution in [0, 0.1) is 0 Å². The highest BCUT2D eigenvalue weighted by Gasteiger charge is 2.10. The predicted octanol–water partition coefficient (Wildman–Crippen LogP) is 3.61. The molecule has 0 fully saturated rings. The van der Waals surface area contributed by atoms with Crippen molar-refractivity contribution in [3.05, 3.63) is 65.1 Å². The maximum absolute atomic E-state index is 11.6. The molecule has 3 heterocycles. The standard InChI is InChI=1S/C18H15N3O2S2/c1-25(22,23)15-6-4-13(5-7-15)16-8-9-17-18(20-16)19-12-21(17)11-14-3-2-10-24-14/h2-10,12H,11H2,1H3. The zero-order valence-electron chi connectivity index (χ0n) is 13.5. The number of hydrogen-bond donors (Lipinski definition) is 0. The Bertz CT molecular complexity index is 1130. The Morgan fingerprint density at radius 2 is 1.88 bits per heavy atom. The lowest BCUT2D eigenvalue weighted by molar-refractivity contribution is 0.602. The maximum atomic E-state index is 11.6. The van der Waals surface area contributed by atoms with Crippen molar-refractivity contribution in [2.45, 2.75) is 11.4 Å². The van der Waals surface area contributed by atoms with Crippen LogP contribution in [0.1, 0.15) is 4.88 Å². The normalized spacial score (nSPS) is 11.9. The van der Waals surface area contributed by atoms with Gasteiger partial charge in [0.05, 0.1) is 29.0 Å². The smallest absolute Gasteiger partial charge is 0.178 e. The second-order valence-corrected chi connectivity index (χ2v) is 8.84. The molecule has 0 aliphatic carbocycles. The van der Waals surface area contributed by atoms with Gasteiger partial charge in [0.2, 0.25) is 0 Å². The van der Waals surface area contributed by atoms with Gasteiger partial charge >= 0.3 is 0 Å². The van der Waals surface area contributed by atoms with E-state index in [9.17, 15) is 8.42 Å². The summed E-state index contributed by atoms with van der Waals surface area (Å²) in [6.07, 6.45) is 3.00. The lowest BCUT2D eigenvalue weighted by atomic mass is 10.1. The van der Waals surface area contributed by atoms with E-state index in [1.54, 1.807) is 41.9 Å². The van der Waals surface area contributed by atoms with Crippen molar-refractivity contribution in [1.82, 2.24) is 14.5 Å². The number of sulfone groups is 1. The van der Waals surface area contributed by atoms with Crippen LogP contribution in [0.4, 0.5) is 0 Å². The average molecular weight is 369 g/mol. The molecule has 1 aromatic carbocycles. The Morgan fingerprint density at radius 3 is 2.56 bits per heavy atom. The fourth-order valence-electron chi connectivity index (χ4n) is 2.68. The number of nitrogens with zero attached hydrogens (tertiary/aromatic N) is 3. The van der Waals surface area contributed by atoms with E-state index in [1.807, 2.05) is 18.2 Å². The third-order valence-electron chi connectivity index (χ3n) is 3.97. The largest absolute Gasteiger partial charge is 0.324 e. The molecule has 0 aliphatic heterocycles. The molecule has 0 N–H and O–H groups in total. The number of pyridine rings is 1. The summed E-state index contributed by atoms with van der Waals surface area (Å²) >= 11 is 1.71. The molecule has 5 nitrogen and oxygen atoms in total. The van der Waals surface area contributed by atoms with Crippen LogP contribution in [0.25, 0.3) is 22.4 Å². The molecule has 0 saturated carbocycles. The highest BCUT2D eigenvalue weighted by molar-refractivity contribution is 7.90. The van der Waals surface area contributed by atoms with Gasteiger partial charge in [-0.25, -0.2) is 18.4 Å². The third-order valence-corrected chi connectivity index (χ3v) is 5.96. The quantitative estimate of drug-likeness (QED) is 0.551. The predicted molar refractivity (Wildman–Crippen MR) is 99.5 cm³/mol. The van der Waals surface area contributed by atoms with Crippen molar-refractivity contribution in [3.8, 4) is 11.3 Å². The van der Waals surface area contributed by atoms with Gasteiger partial charge in [-0.05, 0) is 35.7 Å². The van der Waals surface area contributed by atoms with Crippen molar-refractivity contribution in [1.29, 1.82) is 0 Å². The van der Waals surface area contributed by atoms with Crippen LogP contribution in [-0.2, 0) is 16.4 Å². The number of fused-ring (bicyclic) bond motifs is 1. The zero-order chi connectivity index (χ0) is 17.4. The second kappa shape index (κ2) is 6.09. The van der Waals surface area contributed by atoms with E-state index in [4.69, 9.17) is 0 Å². The Kier molecular flexibility index (Phi) is 3.89. The number of benzene rings is 1. The molecule has 4 rings (SSSR count). The summed E-state index contributed by atoms with van der Waals surface area (Å²) in [4.78, 5) is 10.6. The Morgan fingerprint density at radius 1 is 1.08 bits per heavy atom. The minimum Gasteiger partial charge on any atom is -0.324 e. The molecular weight excluding hydrogens is 354 g/mol. The van der Waals surface area contributed by atoms with E-state index < -0.39 is 9.84 Å². The summed E-state index contributed by atoms with van der Waals surface area (Å²) in [5.41, 5.74) is 3.29. The Labute approximate surface area is 149 Å². The molecular formula is C18H15N3O2S2. The molecule has 0 amide bonds. The number of hydrogen-bond acceptors (Lipinski definition) is 5. The molecule has 0 atom stereocenters. The molecule has 0 saturated heterocycles. The van der Waals surface area contributed by atoms with E-state index in [1.165, 1.54) is 11.1 Å². The molecule has 0 aliphatic rings. The number of aromatic nitrogens is 3. The maximum Gasteiger partial charge on any atom is 0.178 e. The Balaban J connectivity index is 1.68. The molecule has 7 heteroatoms. The highest BCUT2D eigenvalue weighted by Crippen LogP contribution is 2.23. The van der Waals surface area contributed by atoms with Crippen molar-refractivity contribution in [2.24, 2.45) is 0 Å². The molecule has 3 aromatic heterocycles.